The summed E-state index contributed by atoms with van der Waals surface area (Å²) in [4.78, 5) is 6.99. The van der Waals surface area contributed by atoms with Crippen LogP contribution in [0.3, 0.4) is 0 Å². The highest BCUT2D eigenvalue weighted by Gasteiger charge is 2.30. The average Bonchev–Trinajstić information content (AvgIpc) is 3.21. The smallest absolute Gasteiger partial charge is 0.416 e. The van der Waals surface area contributed by atoms with E-state index in [0.717, 1.165) is 38.7 Å². The highest BCUT2D eigenvalue weighted by atomic mass is 32.2. The second-order valence-corrected chi connectivity index (χ2v) is 12.0. The number of aromatic hydroxyl groups is 1. The van der Waals surface area contributed by atoms with Gasteiger partial charge in [-0.1, -0.05) is 57.2 Å². The molecule has 0 fully saturated rings. The van der Waals surface area contributed by atoms with Gasteiger partial charge in [-0.3, -0.25) is 0 Å². The summed E-state index contributed by atoms with van der Waals surface area (Å²) < 4.78 is 39.1. The molecule has 0 aliphatic carbocycles. The van der Waals surface area contributed by atoms with Gasteiger partial charge in [-0.05, 0) is 59.4 Å². The molecule has 188 valence electrons. The molecule has 2 nitrogen and oxygen atoms in total. The summed E-state index contributed by atoms with van der Waals surface area (Å²) >= 11 is 3.17. The van der Waals surface area contributed by atoms with E-state index < -0.39 is 11.7 Å². The van der Waals surface area contributed by atoms with Crippen molar-refractivity contribution in [1.29, 1.82) is 0 Å². The first-order valence-electron chi connectivity index (χ1n) is 11.6. The molecule has 0 amide bonds. The molecular formula is C29H28F3NOS2. The van der Waals surface area contributed by atoms with E-state index in [9.17, 15) is 18.3 Å². The first kappa shape index (κ1) is 26.3. The van der Waals surface area contributed by atoms with E-state index >= 15 is 0 Å². The summed E-state index contributed by atoms with van der Waals surface area (Å²) in [5.74, 6) is 0.943. The number of phenolic OH excluding ortho intramolecular Hbond substituents is 1. The van der Waals surface area contributed by atoms with Gasteiger partial charge in [-0.2, -0.15) is 13.2 Å². The Hall–Kier alpha value is -2.77. The second kappa shape index (κ2) is 10.3. The van der Waals surface area contributed by atoms with E-state index in [2.05, 4.69) is 45.0 Å². The van der Waals surface area contributed by atoms with Crippen molar-refractivity contribution in [1.82, 2.24) is 4.98 Å². The van der Waals surface area contributed by atoms with Crippen LogP contribution in [0.2, 0.25) is 0 Å². The summed E-state index contributed by atoms with van der Waals surface area (Å²) in [6.07, 6.45) is -3.72. The van der Waals surface area contributed by atoms with Crippen LogP contribution in [0.15, 0.2) is 71.6 Å². The summed E-state index contributed by atoms with van der Waals surface area (Å²) in [7, 11) is 0. The highest BCUT2D eigenvalue weighted by molar-refractivity contribution is 7.98. The number of aromatic nitrogens is 1. The molecule has 1 N–H and O–H groups in total. The molecule has 0 aliphatic heterocycles. The third-order valence-electron chi connectivity index (χ3n) is 5.97. The fourth-order valence-electron chi connectivity index (χ4n) is 3.74. The molecule has 3 aromatic carbocycles. The predicted octanol–water partition coefficient (Wildman–Crippen LogP) is 9.02. The number of alkyl halides is 3. The molecule has 0 saturated carbocycles. The lowest BCUT2D eigenvalue weighted by Crippen LogP contribution is -2.10. The Morgan fingerprint density at radius 3 is 2.11 bits per heavy atom. The maximum atomic E-state index is 13.0. The monoisotopic (exact) mass is 527 g/mol. The van der Waals surface area contributed by atoms with Crippen molar-refractivity contribution in [2.45, 2.75) is 56.4 Å². The number of benzene rings is 3. The molecule has 0 atom stereocenters. The number of halogens is 3. The van der Waals surface area contributed by atoms with Crippen molar-refractivity contribution >= 4 is 23.1 Å². The van der Waals surface area contributed by atoms with Crippen LogP contribution in [0, 0.1) is 6.92 Å². The van der Waals surface area contributed by atoms with Crippen LogP contribution < -0.4 is 0 Å². The molecule has 0 spiro atoms. The van der Waals surface area contributed by atoms with Crippen LogP contribution in [0.1, 0.15) is 53.6 Å². The quantitative estimate of drug-likeness (QED) is 0.254. The SMILES string of the molecule is Cc1cc(SCc2sc(-c3ccc(C(F)(F)F)cc3)nc2Cc2ccc(C(C)(C)C)cc2)ccc1O. The van der Waals surface area contributed by atoms with Crippen LogP contribution >= 0.6 is 23.1 Å². The normalized spacial score (nSPS) is 12.2. The Bertz CT molecular complexity index is 1340. The minimum Gasteiger partial charge on any atom is -0.508 e. The largest absolute Gasteiger partial charge is 0.508 e. The fraction of sp³-hybridized carbons (Fsp3) is 0.276. The molecule has 4 rings (SSSR count). The van der Waals surface area contributed by atoms with Gasteiger partial charge in [0.05, 0.1) is 11.3 Å². The molecule has 1 heterocycles. The topological polar surface area (TPSA) is 33.1 Å². The Kier molecular flexibility index (Phi) is 7.53. The maximum Gasteiger partial charge on any atom is 0.416 e. The lowest BCUT2D eigenvalue weighted by atomic mass is 9.86. The number of hydrogen-bond acceptors (Lipinski definition) is 4. The van der Waals surface area contributed by atoms with Gasteiger partial charge in [-0.25, -0.2) is 4.98 Å². The number of aryl methyl sites for hydroxylation is 1. The molecule has 0 saturated heterocycles. The van der Waals surface area contributed by atoms with E-state index in [0.29, 0.717) is 22.7 Å². The minimum atomic E-state index is -4.37. The van der Waals surface area contributed by atoms with Gasteiger partial charge in [0, 0.05) is 27.5 Å². The van der Waals surface area contributed by atoms with Crippen molar-refractivity contribution in [3.05, 3.63) is 99.6 Å². The van der Waals surface area contributed by atoms with E-state index in [1.165, 1.54) is 29.0 Å². The highest BCUT2D eigenvalue weighted by Crippen LogP contribution is 2.36. The number of hydrogen-bond donors (Lipinski definition) is 1. The molecule has 0 unspecified atom stereocenters. The van der Waals surface area contributed by atoms with Crippen molar-refractivity contribution in [3.63, 3.8) is 0 Å². The molecule has 36 heavy (non-hydrogen) atoms. The van der Waals surface area contributed by atoms with Gasteiger partial charge in [0.25, 0.3) is 0 Å². The van der Waals surface area contributed by atoms with Crippen molar-refractivity contribution in [3.8, 4) is 16.3 Å². The van der Waals surface area contributed by atoms with Crippen LogP contribution in [-0.4, -0.2) is 10.1 Å². The molecule has 4 aromatic rings. The zero-order valence-electron chi connectivity index (χ0n) is 20.6. The first-order chi connectivity index (χ1) is 16.9. The minimum absolute atomic E-state index is 0.0684. The molecule has 7 heteroatoms. The zero-order valence-corrected chi connectivity index (χ0v) is 22.2. The third kappa shape index (κ3) is 6.31. The Morgan fingerprint density at radius 2 is 1.53 bits per heavy atom. The average molecular weight is 528 g/mol. The van der Waals surface area contributed by atoms with Crippen molar-refractivity contribution < 1.29 is 18.3 Å². The zero-order chi connectivity index (χ0) is 26.1. The van der Waals surface area contributed by atoms with Gasteiger partial charge < -0.3 is 5.11 Å². The molecule has 1 aromatic heterocycles. The van der Waals surface area contributed by atoms with Gasteiger partial charge >= 0.3 is 6.18 Å². The van der Waals surface area contributed by atoms with Gasteiger partial charge in [-0.15, -0.1) is 23.1 Å². The summed E-state index contributed by atoms with van der Waals surface area (Å²) in [6, 6.07) is 19.3. The van der Waals surface area contributed by atoms with E-state index in [-0.39, 0.29) is 11.2 Å². The Morgan fingerprint density at radius 1 is 0.889 bits per heavy atom. The molecule has 0 aliphatic rings. The van der Waals surface area contributed by atoms with Crippen LogP contribution in [0.4, 0.5) is 13.2 Å². The fourth-order valence-corrected chi connectivity index (χ4v) is 5.92. The standard InChI is InChI=1S/C29H28F3NOS2/c1-18-15-23(13-14-25(18)34)35-17-26-24(16-19-5-9-21(10-6-19)28(2,3)4)33-27(36-26)20-7-11-22(12-8-20)29(30,31)32/h5-15,34H,16-17H2,1-4H3. The number of phenols is 1. The second-order valence-electron chi connectivity index (χ2n) is 9.82. The third-order valence-corrected chi connectivity index (χ3v) is 8.32. The number of thioether (sulfide) groups is 1. The predicted molar refractivity (Wildman–Crippen MR) is 143 cm³/mol. The number of rotatable bonds is 6. The van der Waals surface area contributed by atoms with Crippen molar-refractivity contribution in [2.75, 3.05) is 0 Å². The summed E-state index contributed by atoms with van der Waals surface area (Å²) in [5, 5.41) is 10.5. The first-order valence-corrected chi connectivity index (χ1v) is 13.4. The van der Waals surface area contributed by atoms with E-state index in [1.54, 1.807) is 17.8 Å². The molecule has 0 radical (unpaired) electrons. The van der Waals surface area contributed by atoms with E-state index in [4.69, 9.17) is 4.98 Å². The molecule has 0 bridgehead atoms. The van der Waals surface area contributed by atoms with E-state index in [1.807, 2.05) is 19.1 Å². The van der Waals surface area contributed by atoms with Gasteiger partial charge in [0.15, 0.2) is 0 Å². The van der Waals surface area contributed by atoms with Crippen molar-refractivity contribution in [2.24, 2.45) is 0 Å². The lowest BCUT2D eigenvalue weighted by Gasteiger charge is -2.19. The van der Waals surface area contributed by atoms with Gasteiger partial charge in [0.2, 0.25) is 0 Å². The number of thiazole rings is 1. The lowest BCUT2D eigenvalue weighted by molar-refractivity contribution is -0.137. The summed E-state index contributed by atoms with van der Waals surface area (Å²) in [6.45, 7) is 8.40. The number of nitrogens with zero attached hydrogens (tertiary/aromatic N) is 1. The van der Waals surface area contributed by atoms with Crippen LogP contribution in [0.5, 0.6) is 5.75 Å². The summed E-state index contributed by atoms with van der Waals surface area (Å²) in [5.41, 5.74) is 4.22. The Balaban J connectivity index is 1.63. The molecular weight excluding hydrogens is 499 g/mol. The maximum absolute atomic E-state index is 13.0. The van der Waals surface area contributed by atoms with Gasteiger partial charge in [0.1, 0.15) is 10.8 Å². The Labute approximate surface area is 218 Å². The van der Waals surface area contributed by atoms with Crippen LogP contribution in [0.25, 0.3) is 10.6 Å². The van der Waals surface area contributed by atoms with Crippen LogP contribution in [-0.2, 0) is 23.8 Å².